The van der Waals surface area contributed by atoms with Crippen LogP contribution in [0.2, 0.25) is 0 Å². The minimum absolute atomic E-state index is 0.152. The van der Waals surface area contributed by atoms with Crippen molar-refractivity contribution >= 4 is 15.9 Å². The molecule has 0 radical (unpaired) electrons. The van der Waals surface area contributed by atoms with Gasteiger partial charge in [0.1, 0.15) is 0 Å². The summed E-state index contributed by atoms with van der Waals surface area (Å²) in [6.07, 6.45) is 4.33. The fraction of sp³-hybridized carbons (Fsp3) is 0.571. The van der Waals surface area contributed by atoms with Crippen LogP contribution < -0.4 is 0 Å². The highest BCUT2D eigenvalue weighted by atomic mass is 79.9. The maximum Gasteiger partial charge on any atom is 0.0695 e. The van der Waals surface area contributed by atoms with Crippen molar-refractivity contribution in [3.05, 3.63) is 34.3 Å². The van der Waals surface area contributed by atoms with E-state index in [9.17, 15) is 5.11 Å². The van der Waals surface area contributed by atoms with Gasteiger partial charge in [-0.1, -0.05) is 40.9 Å². The van der Waals surface area contributed by atoms with Gasteiger partial charge in [0.05, 0.1) is 6.10 Å². The van der Waals surface area contributed by atoms with Crippen LogP contribution in [-0.2, 0) is 6.54 Å². The van der Waals surface area contributed by atoms with Crippen molar-refractivity contribution in [3.63, 3.8) is 0 Å². The summed E-state index contributed by atoms with van der Waals surface area (Å²) < 4.78 is 1.12. The molecular formula is C14H20BrNO. The van der Waals surface area contributed by atoms with Gasteiger partial charge in [-0.15, -0.1) is 0 Å². The number of likely N-dealkylation sites (N-methyl/N-ethyl adjacent to an activating group) is 1. The van der Waals surface area contributed by atoms with Crippen molar-refractivity contribution in [3.8, 4) is 0 Å². The van der Waals surface area contributed by atoms with Crippen LogP contribution >= 0.6 is 15.9 Å². The SMILES string of the molecule is CN(Cc1cccc(Br)c1)[C@@H]1CCCC[C@H]1O. The van der Waals surface area contributed by atoms with Gasteiger partial charge in [0.15, 0.2) is 0 Å². The van der Waals surface area contributed by atoms with E-state index in [4.69, 9.17) is 0 Å². The summed E-state index contributed by atoms with van der Waals surface area (Å²) in [6.45, 7) is 0.904. The Labute approximate surface area is 112 Å². The van der Waals surface area contributed by atoms with Gasteiger partial charge in [-0.25, -0.2) is 0 Å². The molecular weight excluding hydrogens is 278 g/mol. The fourth-order valence-electron chi connectivity index (χ4n) is 2.65. The van der Waals surface area contributed by atoms with E-state index in [0.717, 1.165) is 23.9 Å². The molecule has 0 aromatic heterocycles. The number of hydrogen-bond acceptors (Lipinski definition) is 2. The van der Waals surface area contributed by atoms with Gasteiger partial charge in [0.25, 0.3) is 0 Å². The van der Waals surface area contributed by atoms with E-state index >= 15 is 0 Å². The Balaban J connectivity index is 1.98. The zero-order valence-electron chi connectivity index (χ0n) is 10.3. The van der Waals surface area contributed by atoms with Crippen molar-refractivity contribution in [1.29, 1.82) is 0 Å². The van der Waals surface area contributed by atoms with E-state index in [0.29, 0.717) is 6.04 Å². The van der Waals surface area contributed by atoms with Crippen molar-refractivity contribution in [2.24, 2.45) is 0 Å². The third-order valence-corrected chi connectivity index (χ3v) is 4.07. The van der Waals surface area contributed by atoms with E-state index in [1.54, 1.807) is 0 Å². The number of rotatable bonds is 3. The number of aliphatic hydroxyl groups is 1. The van der Waals surface area contributed by atoms with Crippen LogP contribution in [0, 0.1) is 0 Å². The summed E-state index contributed by atoms with van der Waals surface area (Å²) in [5.74, 6) is 0. The molecule has 2 nitrogen and oxygen atoms in total. The molecule has 0 amide bonds. The topological polar surface area (TPSA) is 23.5 Å². The summed E-state index contributed by atoms with van der Waals surface area (Å²) >= 11 is 3.49. The molecule has 0 saturated heterocycles. The van der Waals surface area contributed by atoms with Crippen molar-refractivity contribution < 1.29 is 5.11 Å². The molecule has 0 unspecified atom stereocenters. The van der Waals surface area contributed by atoms with Crippen molar-refractivity contribution in [2.75, 3.05) is 7.05 Å². The molecule has 1 aromatic carbocycles. The largest absolute Gasteiger partial charge is 0.391 e. The van der Waals surface area contributed by atoms with E-state index in [2.05, 4.69) is 46.1 Å². The van der Waals surface area contributed by atoms with E-state index in [1.165, 1.54) is 18.4 Å². The van der Waals surface area contributed by atoms with Crippen LogP contribution in [0.5, 0.6) is 0 Å². The molecule has 1 fully saturated rings. The van der Waals surface area contributed by atoms with Crippen LogP contribution in [-0.4, -0.2) is 29.2 Å². The van der Waals surface area contributed by atoms with Crippen LogP contribution in [0.1, 0.15) is 31.2 Å². The van der Waals surface area contributed by atoms with Gasteiger partial charge in [-0.05, 0) is 37.6 Å². The van der Waals surface area contributed by atoms with Gasteiger partial charge in [0.2, 0.25) is 0 Å². The smallest absolute Gasteiger partial charge is 0.0695 e. The number of benzene rings is 1. The second-order valence-corrected chi connectivity index (χ2v) is 5.88. The van der Waals surface area contributed by atoms with Crippen molar-refractivity contribution in [1.82, 2.24) is 4.90 Å². The molecule has 1 aliphatic carbocycles. The standard InChI is InChI=1S/C14H20BrNO/c1-16(13-7-2-3-8-14(13)17)10-11-5-4-6-12(15)9-11/h4-6,9,13-14,17H,2-3,7-8,10H2,1H3/t13-,14-/m1/s1. The summed E-state index contributed by atoms with van der Waals surface area (Å²) in [4.78, 5) is 2.28. The Morgan fingerprint density at radius 3 is 2.82 bits per heavy atom. The summed E-state index contributed by atoms with van der Waals surface area (Å²) in [5, 5.41) is 10.0. The molecule has 1 aromatic rings. The first-order chi connectivity index (χ1) is 8.16. The number of nitrogens with zero attached hydrogens (tertiary/aromatic N) is 1. The zero-order valence-corrected chi connectivity index (χ0v) is 11.9. The first kappa shape index (κ1) is 13.1. The Morgan fingerprint density at radius 1 is 1.35 bits per heavy atom. The fourth-order valence-corrected chi connectivity index (χ4v) is 3.09. The average Bonchev–Trinajstić information content (AvgIpc) is 2.29. The van der Waals surface area contributed by atoms with E-state index in [-0.39, 0.29) is 6.10 Å². The molecule has 1 saturated carbocycles. The molecule has 94 valence electrons. The normalized spacial score (nSPS) is 25.2. The highest BCUT2D eigenvalue weighted by molar-refractivity contribution is 9.10. The Kier molecular flexibility index (Phi) is 4.60. The minimum Gasteiger partial charge on any atom is -0.391 e. The van der Waals surface area contributed by atoms with Crippen LogP contribution in [0.15, 0.2) is 28.7 Å². The maximum atomic E-state index is 10.0. The number of aliphatic hydroxyl groups excluding tert-OH is 1. The molecule has 2 atom stereocenters. The molecule has 1 aliphatic rings. The van der Waals surface area contributed by atoms with Crippen LogP contribution in [0.4, 0.5) is 0 Å². The quantitative estimate of drug-likeness (QED) is 0.926. The van der Waals surface area contributed by atoms with Crippen molar-refractivity contribution in [2.45, 2.75) is 44.4 Å². The Bertz CT molecular complexity index is 369. The lowest BCUT2D eigenvalue weighted by atomic mass is 9.91. The second-order valence-electron chi connectivity index (χ2n) is 4.96. The lowest BCUT2D eigenvalue weighted by Crippen LogP contribution is -2.42. The molecule has 0 aliphatic heterocycles. The number of hydrogen-bond donors (Lipinski definition) is 1. The first-order valence-electron chi connectivity index (χ1n) is 6.29. The highest BCUT2D eigenvalue weighted by Gasteiger charge is 2.26. The van der Waals surface area contributed by atoms with Crippen LogP contribution in [0.3, 0.4) is 0 Å². The third kappa shape index (κ3) is 3.54. The Morgan fingerprint density at radius 2 is 2.12 bits per heavy atom. The van der Waals surface area contributed by atoms with Gasteiger partial charge < -0.3 is 5.11 Å². The average molecular weight is 298 g/mol. The molecule has 17 heavy (non-hydrogen) atoms. The van der Waals surface area contributed by atoms with Gasteiger partial charge in [0, 0.05) is 17.1 Å². The molecule has 1 N–H and O–H groups in total. The zero-order chi connectivity index (χ0) is 12.3. The second kappa shape index (κ2) is 5.98. The van der Waals surface area contributed by atoms with Crippen LogP contribution in [0.25, 0.3) is 0 Å². The summed E-state index contributed by atoms with van der Waals surface area (Å²) in [7, 11) is 2.11. The molecule has 3 heteroatoms. The molecule has 0 heterocycles. The number of halogens is 1. The lowest BCUT2D eigenvalue weighted by molar-refractivity contribution is 0.0288. The van der Waals surface area contributed by atoms with Gasteiger partial charge >= 0.3 is 0 Å². The predicted octanol–water partition coefficient (Wildman–Crippen LogP) is 3.18. The van der Waals surface area contributed by atoms with E-state index < -0.39 is 0 Å². The molecule has 0 spiro atoms. The molecule has 0 bridgehead atoms. The van der Waals surface area contributed by atoms with E-state index in [1.807, 2.05) is 6.07 Å². The van der Waals surface area contributed by atoms with Gasteiger partial charge in [-0.3, -0.25) is 4.90 Å². The van der Waals surface area contributed by atoms with Gasteiger partial charge in [-0.2, -0.15) is 0 Å². The third-order valence-electron chi connectivity index (χ3n) is 3.58. The minimum atomic E-state index is -0.152. The summed E-state index contributed by atoms with van der Waals surface area (Å²) in [6, 6.07) is 8.70. The summed E-state index contributed by atoms with van der Waals surface area (Å²) in [5.41, 5.74) is 1.29. The first-order valence-corrected chi connectivity index (χ1v) is 7.09. The maximum absolute atomic E-state index is 10.0. The highest BCUT2D eigenvalue weighted by Crippen LogP contribution is 2.24. The molecule has 2 rings (SSSR count). The Hall–Kier alpha value is -0.380. The lowest BCUT2D eigenvalue weighted by Gasteiger charge is -2.35. The predicted molar refractivity (Wildman–Crippen MR) is 73.9 cm³/mol. The monoisotopic (exact) mass is 297 g/mol.